The molecular weight excluding hydrogens is 281 g/mol. The summed E-state index contributed by atoms with van der Waals surface area (Å²) in [7, 11) is 0. The Morgan fingerprint density at radius 3 is 2.82 bits per heavy atom. The molecule has 5 heteroatoms. The highest BCUT2D eigenvalue weighted by atomic mass is 19.1. The lowest BCUT2D eigenvalue weighted by Gasteiger charge is -2.38. The van der Waals surface area contributed by atoms with Gasteiger partial charge in [0.1, 0.15) is 5.82 Å². The maximum Gasteiger partial charge on any atom is 0.147 e. The predicted molar refractivity (Wildman–Crippen MR) is 83.3 cm³/mol. The van der Waals surface area contributed by atoms with Crippen molar-refractivity contribution in [3.05, 3.63) is 29.6 Å². The summed E-state index contributed by atoms with van der Waals surface area (Å²) >= 11 is 0. The molecule has 1 atom stereocenters. The van der Waals surface area contributed by atoms with Crippen molar-refractivity contribution in [1.82, 2.24) is 4.90 Å². The Kier molecular flexibility index (Phi) is 4.91. The van der Waals surface area contributed by atoms with Gasteiger partial charge in [0.15, 0.2) is 0 Å². The Labute approximate surface area is 131 Å². The number of nitriles is 1. The normalized spacial score (nSPS) is 23.3. The topological polar surface area (TPSA) is 39.5 Å². The second-order valence-electron chi connectivity index (χ2n) is 6.15. The zero-order valence-electron chi connectivity index (χ0n) is 12.8. The van der Waals surface area contributed by atoms with E-state index < -0.39 is 0 Å². The van der Waals surface area contributed by atoms with Gasteiger partial charge < -0.3 is 9.64 Å². The Balaban J connectivity index is 1.64. The smallest absolute Gasteiger partial charge is 0.147 e. The highest BCUT2D eigenvalue weighted by molar-refractivity contribution is 5.51. The molecule has 1 aromatic carbocycles. The molecule has 2 aliphatic heterocycles. The van der Waals surface area contributed by atoms with Gasteiger partial charge in [0.05, 0.1) is 30.5 Å². The molecule has 0 unspecified atom stereocenters. The fraction of sp³-hybridized carbons (Fsp3) is 0.588. The van der Waals surface area contributed by atoms with Gasteiger partial charge in [-0.25, -0.2) is 4.39 Å². The number of ether oxygens (including phenoxy) is 1. The third-order valence-corrected chi connectivity index (χ3v) is 4.56. The van der Waals surface area contributed by atoms with E-state index in [2.05, 4.69) is 9.80 Å². The standard InChI is InChI=1S/C17H22FN3O/c18-16-10-14(11-19)3-4-17(16)21-5-1-2-15(13-21)12-20-6-8-22-9-7-20/h3-4,10,15H,1-2,5-9,12-13H2/t15-/m0/s1. The SMILES string of the molecule is N#Cc1ccc(N2CCC[C@@H](CN3CCOCC3)C2)c(F)c1. The van der Waals surface area contributed by atoms with Gasteiger partial charge in [0.25, 0.3) is 0 Å². The highest BCUT2D eigenvalue weighted by Gasteiger charge is 2.24. The molecule has 118 valence electrons. The molecule has 2 saturated heterocycles. The number of hydrogen-bond acceptors (Lipinski definition) is 4. The molecule has 0 amide bonds. The Bertz CT molecular complexity index is 551. The van der Waals surface area contributed by atoms with Crippen LogP contribution in [-0.4, -0.2) is 50.8 Å². The minimum Gasteiger partial charge on any atom is -0.379 e. The molecule has 0 bridgehead atoms. The van der Waals surface area contributed by atoms with Crippen molar-refractivity contribution in [2.45, 2.75) is 12.8 Å². The molecule has 0 aromatic heterocycles. The zero-order valence-corrected chi connectivity index (χ0v) is 12.8. The summed E-state index contributed by atoms with van der Waals surface area (Å²) in [6, 6.07) is 6.76. The van der Waals surface area contributed by atoms with Crippen molar-refractivity contribution in [2.24, 2.45) is 5.92 Å². The van der Waals surface area contributed by atoms with Gasteiger partial charge in [-0.3, -0.25) is 4.90 Å². The Hall–Kier alpha value is -1.64. The monoisotopic (exact) mass is 303 g/mol. The van der Waals surface area contributed by atoms with Gasteiger partial charge in [0, 0.05) is 32.7 Å². The molecule has 4 nitrogen and oxygen atoms in total. The van der Waals surface area contributed by atoms with Crippen LogP contribution in [0.2, 0.25) is 0 Å². The van der Waals surface area contributed by atoms with Gasteiger partial charge in [-0.2, -0.15) is 5.26 Å². The lowest BCUT2D eigenvalue weighted by atomic mass is 9.96. The first-order valence-corrected chi connectivity index (χ1v) is 8.01. The number of piperidine rings is 1. The third kappa shape index (κ3) is 3.57. The lowest BCUT2D eigenvalue weighted by Crippen LogP contribution is -2.44. The van der Waals surface area contributed by atoms with Crippen molar-refractivity contribution in [3.63, 3.8) is 0 Å². The van der Waals surface area contributed by atoms with E-state index in [0.717, 1.165) is 52.4 Å². The van der Waals surface area contributed by atoms with Crippen molar-refractivity contribution < 1.29 is 9.13 Å². The summed E-state index contributed by atoms with van der Waals surface area (Å²) in [4.78, 5) is 4.58. The van der Waals surface area contributed by atoms with E-state index in [1.54, 1.807) is 12.1 Å². The Morgan fingerprint density at radius 2 is 2.09 bits per heavy atom. The van der Waals surface area contributed by atoms with E-state index in [0.29, 0.717) is 17.2 Å². The first-order valence-electron chi connectivity index (χ1n) is 8.01. The van der Waals surface area contributed by atoms with Crippen LogP contribution in [0.4, 0.5) is 10.1 Å². The van der Waals surface area contributed by atoms with Crippen LogP contribution in [0.15, 0.2) is 18.2 Å². The molecule has 2 fully saturated rings. The van der Waals surface area contributed by atoms with Crippen LogP contribution in [-0.2, 0) is 4.74 Å². The first kappa shape index (κ1) is 15.3. The number of rotatable bonds is 3. The van der Waals surface area contributed by atoms with E-state index in [4.69, 9.17) is 10.00 Å². The molecular formula is C17H22FN3O. The number of nitrogens with zero attached hydrogens (tertiary/aromatic N) is 3. The molecule has 0 N–H and O–H groups in total. The number of morpholine rings is 1. The van der Waals surface area contributed by atoms with Crippen LogP contribution < -0.4 is 4.90 Å². The fourth-order valence-corrected chi connectivity index (χ4v) is 3.41. The van der Waals surface area contributed by atoms with Gasteiger partial charge in [0.2, 0.25) is 0 Å². The van der Waals surface area contributed by atoms with E-state index in [1.165, 1.54) is 12.5 Å². The van der Waals surface area contributed by atoms with E-state index in [9.17, 15) is 4.39 Å². The maximum absolute atomic E-state index is 14.2. The minimum atomic E-state index is -0.286. The quantitative estimate of drug-likeness (QED) is 0.858. The predicted octanol–water partition coefficient (Wildman–Crippen LogP) is 2.25. The molecule has 2 heterocycles. The third-order valence-electron chi connectivity index (χ3n) is 4.56. The fourth-order valence-electron chi connectivity index (χ4n) is 3.41. The summed E-state index contributed by atoms with van der Waals surface area (Å²) in [6.45, 7) is 6.49. The van der Waals surface area contributed by atoms with Crippen molar-refractivity contribution in [3.8, 4) is 6.07 Å². The summed E-state index contributed by atoms with van der Waals surface area (Å²) in [5, 5.41) is 8.84. The van der Waals surface area contributed by atoms with Crippen LogP contribution >= 0.6 is 0 Å². The van der Waals surface area contributed by atoms with Crippen LogP contribution in [0.25, 0.3) is 0 Å². The summed E-state index contributed by atoms with van der Waals surface area (Å²) in [5.74, 6) is 0.285. The number of anilines is 1. The van der Waals surface area contributed by atoms with Gasteiger partial charge >= 0.3 is 0 Å². The molecule has 0 radical (unpaired) electrons. The summed E-state index contributed by atoms with van der Waals surface area (Å²) in [6.07, 6.45) is 2.29. The largest absolute Gasteiger partial charge is 0.379 e. The average molecular weight is 303 g/mol. The zero-order chi connectivity index (χ0) is 15.4. The van der Waals surface area contributed by atoms with Crippen molar-refractivity contribution in [1.29, 1.82) is 5.26 Å². The number of benzene rings is 1. The van der Waals surface area contributed by atoms with Crippen molar-refractivity contribution in [2.75, 3.05) is 50.8 Å². The van der Waals surface area contributed by atoms with Crippen LogP contribution in [0, 0.1) is 23.1 Å². The lowest BCUT2D eigenvalue weighted by molar-refractivity contribution is 0.0296. The Morgan fingerprint density at radius 1 is 1.27 bits per heavy atom. The highest BCUT2D eigenvalue weighted by Crippen LogP contribution is 2.26. The minimum absolute atomic E-state index is 0.286. The molecule has 1 aromatic rings. The van der Waals surface area contributed by atoms with E-state index >= 15 is 0 Å². The van der Waals surface area contributed by atoms with Gasteiger partial charge in [-0.05, 0) is 37.0 Å². The van der Waals surface area contributed by atoms with Crippen LogP contribution in [0.5, 0.6) is 0 Å². The summed E-state index contributed by atoms with van der Waals surface area (Å²) < 4.78 is 19.6. The second kappa shape index (κ2) is 7.08. The first-order chi connectivity index (χ1) is 10.8. The number of hydrogen-bond donors (Lipinski definition) is 0. The van der Waals surface area contributed by atoms with E-state index in [1.807, 2.05) is 6.07 Å². The molecule has 0 spiro atoms. The van der Waals surface area contributed by atoms with Crippen molar-refractivity contribution >= 4 is 5.69 Å². The number of halogens is 1. The van der Waals surface area contributed by atoms with Crippen LogP contribution in [0.1, 0.15) is 18.4 Å². The molecule has 2 aliphatic rings. The average Bonchev–Trinajstić information content (AvgIpc) is 2.56. The van der Waals surface area contributed by atoms with Gasteiger partial charge in [-0.15, -0.1) is 0 Å². The molecule has 0 saturated carbocycles. The molecule has 22 heavy (non-hydrogen) atoms. The van der Waals surface area contributed by atoms with Gasteiger partial charge in [-0.1, -0.05) is 0 Å². The van der Waals surface area contributed by atoms with Crippen LogP contribution in [0.3, 0.4) is 0 Å². The second-order valence-corrected chi connectivity index (χ2v) is 6.15. The van der Waals surface area contributed by atoms with E-state index in [-0.39, 0.29) is 5.82 Å². The molecule has 3 rings (SSSR count). The maximum atomic E-state index is 14.2. The summed E-state index contributed by atoms with van der Waals surface area (Å²) in [5.41, 5.74) is 1.01. The molecule has 0 aliphatic carbocycles.